The zero-order valence-electron chi connectivity index (χ0n) is 14.2. The van der Waals surface area contributed by atoms with Crippen LogP contribution in [-0.4, -0.2) is 46.0 Å². The average molecular weight is 374 g/mol. The summed E-state index contributed by atoms with van der Waals surface area (Å²) in [6.07, 6.45) is 1.85. The van der Waals surface area contributed by atoms with E-state index >= 15 is 0 Å². The lowest BCUT2D eigenvalue weighted by atomic mass is 10.0. The lowest BCUT2D eigenvalue weighted by Gasteiger charge is -2.20. The number of rotatable bonds is 4. The van der Waals surface area contributed by atoms with Gasteiger partial charge in [-0.05, 0) is 18.6 Å². The molecule has 26 heavy (non-hydrogen) atoms. The molecule has 4 rings (SSSR count). The molecule has 0 unspecified atom stereocenters. The van der Waals surface area contributed by atoms with Crippen molar-refractivity contribution in [1.29, 1.82) is 0 Å². The molecule has 0 saturated carbocycles. The van der Waals surface area contributed by atoms with Crippen molar-refractivity contribution in [2.75, 3.05) is 13.1 Å². The van der Waals surface area contributed by atoms with Crippen LogP contribution in [-0.2, 0) is 21.4 Å². The first-order valence-corrected chi connectivity index (χ1v) is 9.82. The van der Waals surface area contributed by atoms with Crippen molar-refractivity contribution in [3.63, 3.8) is 0 Å². The van der Waals surface area contributed by atoms with Gasteiger partial charge in [0.05, 0.1) is 17.8 Å². The molecule has 136 valence electrons. The summed E-state index contributed by atoms with van der Waals surface area (Å²) in [4.78, 5) is 8.35. The van der Waals surface area contributed by atoms with Gasteiger partial charge in [0.25, 0.3) is 5.89 Å². The monoisotopic (exact) mass is 374 g/mol. The quantitative estimate of drug-likeness (QED) is 0.734. The minimum atomic E-state index is -3.63. The maximum Gasteiger partial charge on any atom is 0.260 e. The molecule has 0 amide bonds. The van der Waals surface area contributed by atoms with Gasteiger partial charge in [0, 0.05) is 24.5 Å². The third-order valence-electron chi connectivity index (χ3n) is 4.59. The van der Waals surface area contributed by atoms with Crippen LogP contribution >= 0.6 is 0 Å². The van der Waals surface area contributed by atoms with Crippen LogP contribution < -0.4 is 0 Å². The molecule has 0 radical (unpaired) electrons. The van der Waals surface area contributed by atoms with Gasteiger partial charge in [0.2, 0.25) is 10.0 Å². The second-order valence-electron chi connectivity index (χ2n) is 6.51. The van der Waals surface area contributed by atoms with E-state index in [1.54, 1.807) is 19.2 Å². The summed E-state index contributed by atoms with van der Waals surface area (Å²) in [5.41, 5.74) is -0.154. The average Bonchev–Trinajstić information content (AvgIpc) is 3.23. The Morgan fingerprint density at radius 2 is 2.12 bits per heavy atom. The standard InChI is InChI=1S/C17H18N4O4S/c1-12-19-16(25-20-12)17(22)7-9-21(11-17)26(23,24)10-14-5-2-4-13-6-3-8-18-15(13)14/h2-6,8,22H,7,9-11H2,1H3/t17-/m0/s1. The van der Waals surface area contributed by atoms with Crippen LogP contribution in [0.3, 0.4) is 0 Å². The van der Waals surface area contributed by atoms with Crippen molar-refractivity contribution in [3.8, 4) is 0 Å². The maximum atomic E-state index is 12.9. The highest BCUT2D eigenvalue weighted by Crippen LogP contribution is 2.33. The highest BCUT2D eigenvalue weighted by Gasteiger charge is 2.46. The van der Waals surface area contributed by atoms with Crippen molar-refractivity contribution in [3.05, 3.63) is 53.8 Å². The number of benzene rings is 1. The Kier molecular flexibility index (Phi) is 4.02. The van der Waals surface area contributed by atoms with Gasteiger partial charge in [-0.15, -0.1) is 0 Å². The fraction of sp³-hybridized carbons (Fsp3) is 0.353. The van der Waals surface area contributed by atoms with Gasteiger partial charge in [-0.1, -0.05) is 29.4 Å². The molecular weight excluding hydrogens is 356 g/mol. The first kappa shape index (κ1) is 17.1. The molecular formula is C17H18N4O4S. The molecule has 1 saturated heterocycles. The van der Waals surface area contributed by atoms with E-state index < -0.39 is 15.6 Å². The van der Waals surface area contributed by atoms with Crippen molar-refractivity contribution in [1.82, 2.24) is 19.4 Å². The Morgan fingerprint density at radius 3 is 2.88 bits per heavy atom. The zero-order valence-corrected chi connectivity index (χ0v) is 15.0. The Hall–Kier alpha value is -2.36. The number of aryl methyl sites for hydroxylation is 1. The Labute approximate surface area is 150 Å². The molecule has 3 aromatic rings. The molecule has 0 bridgehead atoms. The lowest BCUT2D eigenvalue weighted by Crippen LogP contribution is -2.35. The van der Waals surface area contributed by atoms with Crippen molar-refractivity contribution in [2.24, 2.45) is 0 Å². The number of β-amino-alcohol motifs (C(OH)–C–C–N with tert-alkyl or cyclic N) is 1. The third kappa shape index (κ3) is 2.98. The predicted octanol–water partition coefficient (Wildman–Crippen LogP) is 1.35. The molecule has 1 atom stereocenters. The van der Waals surface area contributed by atoms with Crippen LogP contribution in [0.1, 0.15) is 23.7 Å². The number of pyridine rings is 1. The molecule has 1 aliphatic rings. The molecule has 3 heterocycles. The Balaban J connectivity index is 1.59. The van der Waals surface area contributed by atoms with Crippen LogP contribution in [0, 0.1) is 6.92 Å². The normalized spacial score (nSPS) is 21.5. The molecule has 2 aromatic heterocycles. The largest absolute Gasteiger partial charge is 0.379 e. The van der Waals surface area contributed by atoms with Crippen LogP contribution in [0.25, 0.3) is 10.9 Å². The van der Waals surface area contributed by atoms with E-state index in [9.17, 15) is 13.5 Å². The van der Waals surface area contributed by atoms with Crippen LogP contribution in [0.2, 0.25) is 0 Å². The van der Waals surface area contributed by atoms with Gasteiger partial charge < -0.3 is 9.63 Å². The van der Waals surface area contributed by atoms with Crippen LogP contribution in [0.5, 0.6) is 0 Å². The van der Waals surface area contributed by atoms with E-state index in [0.717, 1.165) is 5.39 Å². The van der Waals surface area contributed by atoms with Gasteiger partial charge in [0.15, 0.2) is 11.4 Å². The van der Waals surface area contributed by atoms with Gasteiger partial charge in [-0.2, -0.15) is 9.29 Å². The first-order valence-electron chi connectivity index (χ1n) is 8.21. The lowest BCUT2D eigenvalue weighted by molar-refractivity contribution is 0.0194. The van der Waals surface area contributed by atoms with E-state index in [2.05, 4.69) is 15.1 Å². The zero-order chi connectivity index (χ0) is 18.4. The van der Waals surface area contributed by atoms with E-state index in [4.69, 9.17) is 4.52 Å². The SMILES string of the molecule is Cc1noc([C@]2(O)CCN(S(=O)(=O)Cc3cccc4cccnc34)C2)n1. The second kappa shape index (κ2) is 6.11. The smallest absolute Gasteiger partial charge is 0.260 e. The fourth-order valence-electron chi connectivity index (χ4n) is 3.23. The summed E-state index contributed by atoms with van der Waals surface area (Å²) in [7, 11) is -3.63. The number of sulfonamides is 1. The number of aliphatic hydroxyl groups is 1. The van der Waals surface area contributed by atoms with Gasteiger partial charge in [0.1, 0.15) is 0 Å². The molecule has 0 aliphatic carbocycles. The van der Waals surface area contributed by atoms with E-state index in [1.165, 1.54) is 4.31 Å². The van der Waals surface area contributed by atoms with Crippen molar-refractivity contribution < 1.29 is 18.0 Å². The molecule has 1 aliphatic heterocycles. The molecule has 8 nitrogen and oxygen atoms in total. The predicted molar refractivity (Wildman–Crippen MR) is 93.5 cm³/mol. The van der Waals surface area contributed by atoms with Gasteiger partial charge in [-0.25, -0.2) is 8.42 Å². The van der Waals surface area contributed by atoms with Gasteiger partial charge >= 0.3 is 0 Å². The maximum absolute atomic E-state index is 12.9. The van der Waals surface area contributed by atoms with E-state index in [0.29, 0.717) is 16.9 Å². The number of hydrogen-bond acceptors (Lipinski definition) is 7. The van der Waals surface area contributed by atoms with Crippen LogP contribution in [0.15, 0.2) is 41.1 Å². The highest BCUT2D eigenvalue weighted by molar-refractivity contribution is 7.88. The number of nitrogens with zero attached hydrogens (tertiary/aromatic N) is 4. The summed E-state index contributed by atoms with van der Waals surface area (Å²) in [6.45, 7) is 1.74. The Bertz CT molecular complexity index is 1060. The first-order chi connectivity index (χ1) is 12.4. The summed E-state index contributed by atoms with van der Waals surface area (Å²) >= 11 is 0. The van der Waals surface area contributed by atoms with Crippen molar-refractivity contribution in [2.45, 2.75) is 24.7 Å². The fourth-order valence-corrected chi connectivity index (χ4v) is 4.82. The minimum absolute atomic E-state index is 0.0551. The van der Waals surface area contributed by atoms with E-state index in [1.807, 2.05) is 24.3 Å². The number of hydrogen-bond donors (Lipinski definition) is 1. The number of aromatic nitrogens is 3. The topological polar surface area (TPSA) is 109 Å². The van der Waals surface area contributed by atoms with E-state index in [-0.39, 0.29) is 31.2 Å². The second-order valence-corrected chi connectivity index (χ2v) is 8.48. The summed E-state index contributed by atoms with van der Waals surface area (Å²) in [5, 5.41) is 15.3. The molecule has 9 heteroatoms. The highest BCUT2D eigenvalue weighted by atomic mass is 32.2. The molecule has 1 N–H and O–H groups in total. The van der Waals surface area contributed by atoms with Crippen molar-refractivity contribution >= 4 is 20.9 Å². The summed E-state index contributed by atoms with van der Waals surface area (Å²) in [6, 6.07) is 9.18. The van der Waals surface area contributed by atoms with Gasteiger partial charge in [-0.3, -0.25) is 4.98 Å². The Morgan fingerprint density at radius 1 is 1.31 bits per heavy atom. The minimum Gasteiger partial charge on any atom is -0.379 e. The third-order valence-corrected chi connectivity index (χ3v) is 6.36. The molecule has 1 aromatic carbocycles. The number of para-hydroxylation sites is 1. The molecule has 0 spiro atoms. The number of fused-ring (bicyclic) bond motifs is 1. The summed E-state index contributed by atoms with van der Waals surface area (Å²) in [5.74, 6) is 0.274. The summed E-state index contributed by atoms with van der Waals surface area (Å²) < 4.78 is 32.1. The molecule has 1 fully saturated rings. The van der Waals surface area contributed by atoms with Crippen LogP contribution in [0.4, 0.5) is 0 Å².